The van der Waals surface area contributed by atoms with E-state index in [4.69, 9.17) is 11.6 Å². The molecule has 3 heteroatoms. The van der Waals surface area contributed by atoms with E-state index >= 15 is 0 Å². The number of nitrogens with zero attached hydrogens (tertiary/aromatic N) is 2. The van der Waals surface area contributed by atoms with Crippen molar-refractivity contribution in [3.63, 3.8) is 0 Å². The second-order valence-electron chi connectivity index (χ2n) is 5.37. The maximum atomic E-state index is 6.21. The van der Waals surface area contributed by atoms with Gasteiger partial charge in [0.05, 0.1) is 5.69 Å². The predicted octanol–water partition coefficient (Wildman–Crippen LogP) is 4.37. The van der Waals surface area contributed by atoms with Gasteiger partial charge >= 0.3 is 0 Å². The van der Waals surface area contributed by atoms with Crippen molar-refractivity contribution in [3.8, 4) is 0 Å². The number of rotatable bonds is 6. The molecule has 102 valence electrons. The number of aromatic nitrogens is 2. The van der Waals surface area contributed by atoms with Gasteiger partial charge in [0.15, 0.2) is 0 Å². The Labute approximate surface area is 120 Å². The minimum atomic E-state index is 0.615. The zero-order valence-corrected chi connectivity index (χ0v) is 12.4. The number of benzene rings is 1. The Morgan fingerprint density at radius 2 is 1.95 bits per heavy atom. The van der Waals surface area contributed by atoms with Crippen molar-refractivity contribution in [2.75, 3.05) is 0 Å². The van der Waals surface area contributed by atoms with Crippen molar-refractivity contribution in [2.45, 2.75) is 39.7 Å². The molecule has 0 aliphatic rings. The van der Waals surface area contributed by atoms with E-state index in [1.807, 2.05) is 16.8 Å². The molecule has 0 fully saturated rings. The molecular weight excluding hydrogens is 256 g/mol. The molecule has 0 atom stereocenters. The van der Waals surface area contributed by atoms with Crippen LogP contribution < -0.4 is 0 Å². The van der Waals surface area contributed by atoms with Gasteiger partial charge in [-0.15, -0.1) is 0 Å². The van der Waals surface area contributed by atoms with E-state index in [0.717, 1.165) is 36.7 Å². The van der Waals surface area contributed by atoms with Gasteiger partial charge in [-0.25, -0.2) is 0 Å². The lowest BCUT2D eigenvalue weighted by molar-refractivity contribution is 0.558. The molecule has 0 bridgehead atoms. The molecule has 1 heterocycles. The Balaban J connectivity index is 1.87. The number of halogens is 1. The maximum Gasteiger partial charge on any atom is 0.127 e. The molecule has 2 nitrogen and oxygen atoms in total. The van der Waals surface area contributed by atoms with Crippen LogP contribution in [0.2, 0.25) is 5.15 Å². The fourth-order valence-electron chi connectivity index (χ4n) is 2.20. The van der Waals surface area contributed by atoms with Crippen molar-refractivity contribution in [2.24, 2.45) is 5.92 Å². The second-order valence-corrected chi connectivity index (χ2v) is 5.76. The summed E-state index contributed by atoms with van der Waals surface area (Å²) in [4.78, 5) is 0. The molecule has 0 unspecified atom stereocenters. The number of hydrogen-bond acceptors (Lipinski definition) is 1. The number of hydrogen-bond donors (Lipinski definition) is 0. The summed E-state index contributed by atoms with van der Waals surface area (Å²) in [5.41, 5.74) is 2.47. The van der Waals surface area contributed by atoms with Crippen LogP contribution in [0.15, 0.2) is 36.4 Å². The lowest BCUT2D eigenvalue weighted by Crippen LogP contribution is -2.03. The van der Waals surface area contributed by atoms with E-state index in [2.05, 4.69) is 43.2 Å². The standard InChI is InChI=1S/C16H21ClN2/c1-13(2)11-15-12-16(17)19(18-15)10-6-9-14-7-4-3-5-8-14/h3-5,7-8,12-13H,6,9-11H2,1-2H3. The number of aryl methyl sites for hydroxylation is 2. The minimum absolute atomic E-state index is 0.615. The van der Waals surface area contributed by atoms with Gasteiger partial charge in [-0.05, 0) is 36.8 Å². The smallest absolute Gasteiger partial charge is 0.127 e. The van der Waals surface area contributed by atoms with E-state index < -0.39 is 0 Å². The van der Waals surface area contributed by atoms with Gasteiger partial charge in [0.1, 0.15) is 5.15 Å². The van der Waals surface area contributed by atoms with Crippen LogP contribution in [0.1, 0.15) is 31.5 Å². The summed E-state index contributed by atoms with van der Waals surface area (Å²) in [5.74, 6) is 0.615. The first-order chi connectivity index (χ1) is 9.15. The summed E-state index contributed by atoms with van der Waals surface area (Å²) in [7, 11) is 0. The summed E-state index contributed by atoms with van der Waals surface area (Å²) < 4.78 is 1.92. The van der Waals surface area contributed by atoms with Gasteiger partial charge in [-0.3, -0.25) is 4.68 Å². The fourth-order valence-corrected chi connectivity index (χ4v) is 2.44. The van der Waals surface area contributed by atoms with Crippen LogP contribution in [-0.4, -0.2) is 9.78 Å². The van der Waals surface area contributed by atoms with Crippen LogP contribution >= 0.6 is 11.6 Å². The first kappa shape index (κ1) is 14.1. The second kappa shape index (κ2) is 6.76. The van der Waals surface area contributed by atoms with Crippen LogP contribution in [0.4, 0.5) is 0 Å². The summed E-state index contributed by atoms with van der Waals surface area (Å²) in [6.07, 6.45) is 3.12. The molecule has 1 aromatic carbocycles. The van der Waals surface area contributed by atoms with Crippen LogP contribution in [0.3, 0.4) is 0 Å². The van der Waals surface area contributed by atoms with Gasteiger partial charge in [-0.1, -0.05) is 55.8 Å². The molecule has 1 aromatic heterocycles. The van der Waals surface area contributed by atoms with Gasteiger partial charge in [0.25, 0.3) is 0 Å². The lowest BCUT2D eigenvalue weighted by Gasteiger charge is -2.04. The zero-order valence-electron chi connectivity index (χ0n) is 11.6. The lowest BCUT2D eigenvalue weighted by atomic mass is 10.1. The molecule has 0 aliphatic heterocycles. The summed E-state index contributed by atoms with van der Waals surface area (Å²) in [6, 6.07) is 12.5. The van der Waals surface area contributed by atoms with Crippen molar-refractivity contribution in [1.82, 2.24) is 9.78 Å². The van der Waals surface area contributed by atoms with E-state index in [9.17, 15) is 0 Å². The molecule has 0 saturated heterocycles. The van der Waals surface area contributed by atoms with Crippen LogP contribution in [0.25, 0.3) is 0 Å². The van der Waals surface area contributed by atoms with Gasteiger partial charge in [0, 0.05) is 6.54 Å². The van der Waals surface area contributed by atoms with Crippen molar-refractivity contribution < 1.29 is 0 Å². The van der Waals surface area contributed by atoms with E-state index in [0.29, 0.717) is 5.92 Å². The first-order valence-electron chi connectivity index (χ1n) is 6.91. The van der Waals surface area contributed by atoms with Crippen molar-refractivity contribution in [3.05, 3.63) is 52.8 Å². The van der Waals surface area contributed by atoms with E-state index in [1.54, 1.807) is 0 Å². The molecule has 0 spiro atoms. The summed E-state index contributed by atoms with van der Waals surface area (Å²) >= 11 is 6.21. The average Bonchev–Trinajstić information content (AvgIpc) is 2.70. The van der Waals surface area contributed by atoms with Crippen molar-refractivity contribution in [1.29, 1.82) is 0 Å². The summed E-state index contributed by atoms with van der Waals surface area (Å²) in [6.45, 7) is 5.27. The topological polar surface area (TPSA) is 17.8 Å². The third-order valence-electron chi connectivity index (χ3n) is 3.08. The van der Waals surface area contributed by atoms with Crippen LogP contribution in [0, 0.1) is 5.92 Å². The Hall–Kier alpha value is -1.28. The largest absolute Gasteiger partial charge is 0.254 e. The molecule has 19 heavy (non-hydrogen) atoms. The Morgan fingerprint density at radius 1 is 1.21 bits per heavy atom. The third kappa shape index (κ3) is 4.39. The monoisotopic (exact) mass is 276 g/mol. The highest BCUT2D eigenvalue weighted by atomic mass is 35.5. The molecule has 2 rings (SSSR count). The molecule has 0 saturated carbocycles. The fraction of sp³-hybridized carbons (Fsp3) is 0.438. The Kier molecular flexibility index (Phi) is 5.03. The highest BCUT2D eigenvalue weighted by molar-refractivity contribution is 6.29. The first-order valence-corrected chi connectivity index (χ1v) is 7.29. The SMILES string of the molecule is CC(C)Cc1cc(Cl)n(CCCc2ccccc2)n1. The van der Waals surface area contributed by atoms with Crippen LogP contribution in [0.5, 0.6) is 0 Å². The molecule has 0 N–H and O–H groups in total. The Morgan fingerprint density at radius 3 is 2.63 bits per heavy atom. The van der Waals surface area contributed by atoms with E-state index in [-0.39, 0.29) is 0 Å². The normalized spacial score (nSPS) is 11.2. The molecular formula is C16H21ClN2. The third-order valence-corrected chi connectivity index (χ3v) is 3.38. The maximum absolute atomic E-state index is 6.21. The molecule has 0 amide bonds. The average molecular weight is 277 g/mol. The highest BCUT2D eigenvalue weighted by Crippen LogP contribution is 2.15. The highest BCUT2D eigenvalue weighted by Gasteiger charge is 2.07. The van der Waals surface area contributed by atoms with Crippen molar-refractivity contribution >= 4 is 11.6 Å². The van der Waals surface area contributed by atoms with E-state index in [1.165, 1.54) is 5.56 Å². The molecule has 0 radical (unpaired) electrons. The van der Waals surface area contributed by atoms with Gasteiger partial charge in [0.2, 0.25) is 0 Å². The van der Waals surface area contributed by atoms with Gasteiger partial charge in [-0.2, -0.15) is 5.10 Å². The summed E-state index contributed by atoms with van der Waals surface area (Å²) in [5, 5.41) is 5.32. The zero-order chi connectivity index (χ0) is 13.7. The van der Waals surface area contributed by atoms with Crippen LogP contribution in [-0.2, 0) is 19.4 Å². The quantitative estimate of drug-likeness (QED) is 0.766. The predicted molar refractivity (Wildman–Crippen MR) is 80.5 cm³/mol. The van der Waals surface area contributed by atoms with Gasteiger partial charge < -0.3 is 0 Å². The molecule has 0 aliphatic carbocycles. The molecule has 2 aromatic rings. The Bertz CT molecular complexity index is 503. The minimum Gasteiger partial charge on any atom is -0.254 e.